The van der Waals surface area contributed by atoms with E-state index < -0.39 is 0 Å². The van der Waals surface area contributed by atoms with E-state index in [1.165, 1.54) is 0 Å². The van der Waals surface area contributed by atoms with Crippen LogP contribution < -0.4 is 5.32 Å². The average Bonchev–Trinajstić information content (AvgIpc) is 3.38. The minimum Gasteiger partial charge on any atom is -0.469 e. The Morgan fingerprint density at radius 1 is 1.35 bits per heavy atom. The number of hydrogen-bond acceptors (Lipinski definition) is 4. The van der Waals surface area contributed by atoms with Crippen LogP contribution in [0.2, 0.25) is 0 Å². The first-order chi connectivity index (χ1) is 12.8. The summed E-state index contributed by atoms with van der Waals surface area (Å²) >= 11 is 0. The summed E-state index contributed by atoms with van der Waals surface area (Å²) in [5.41, 5.74) is 0. The van der Waals surface area contributed by atoms with E-state index in [4.69, 9.17) is 14.1 Å². The number of aliphatic imine (C=N–C) groups is 1. The van der Waals surface area contributed by atoms with Crippen LogP contribution in [0.15, 0.2) is 40.5 Å². The Bertz CT molecular complexity index is 600. The molecule has 7 heteroatoms. The zero-order valence-corrected chi connectivity index (χ0v) is 15.2. The second kappa shape index (κ2) is 9.43. The lowest BCUT2D eigenvalue weighted by atomic mass is 10.2. The zero-order chi connectivity index (χ0) is 18.2. The molecule has 2 aliphatic rings. The van der Waals surface area contributed by atoms with Crippen LogP contribution in [0.3, 0.4) is 0 Å². The highest BCUT2D eigenvalue weighted by molar-refractivity contribution is 5.83. The molecule has 0 saturated carbocycles. The van der Waals surface area contributed by atoms with Crippen LogP contribution in [-0.4, -0.2) is 73.6 Å². The van der Waals surface area contributed by atoms with Crippen molar-refractivity contribution in [3.8, 4) is 0 Å². The molecule has 2 aliphatic heterocycles. The van der Waals surface area contributed by atoms with Gasteiger partial charge in [-0.1, -0.05) is 6.08 Å². The molecule has 3 heterocycles. The summed E-state index contributed by atoms with van der Waals surface area (Å²) in [6.07, 6.45) is 5.86. The second-order valence-electron chi connectivity index (χ2n) is 6.52. The highest BCUT2D eigenvalue weighted by Crippen LogP contribution is 2.16. The Kier molecular flexibility index (Phi) is 6.71. The summed E-state index contributed by atoms with van der Waals surface area (Å²) in [6.45, 7) is 8.71. The number of piperazine rings is 1. The third-order valence-corrected chi connectivity index (χ3v) is 4.70. The lowest BCUT2D eigenvalue weighted by Gasteiger charge is -2.37. The van der Waals surface area contributed by atoms with Gasteiger partial charge in [-0.15, -0.1) is 6.58 Å². The number of ether oxygens (including phenoxy) is 1. The van der Waals surface area contributed by atoms with E-state index in [9.17, 15) is 4.79 Å². The van der Waals surface area contributed by atoms with Gasteiger partial charge in [-0.2, -0.15) is 0 Å². The van der Waals surface area contributed by atoms with Crippen LogP contribution >= 0.6 is 0 Å². The van der Waals surface area contributed by atoms with Gasteiger partial charge in [-0.3, -0.25) is 9.79 Å². The van der Waals surface area contributed by atoms with Crippen molar-refractivity contribution in [2.24, 2.45) is 4.99 Å². The standard InChI is InChI=1S/C19H28N4O3/c1-2-8-20-19(21-9-7-16-5-3-14-25-16)23-12-10-22(11-13-23)18(24)17-6-4-15-26-17/h2-3,5,14,17H,1,4,6-13,15H2,(H,20,21). The first-order valence-electron chi connectivity index (χ1n) is 9.35. The van der Waals surface area contributed by atoms with Gasteiger partial charge in [0.25, 0.3) is 5.91 Å². The van der Waals surface area contributed by atoms with E-state index in [0.717, 1.165) is 44.1 Å². The van der Waals surface area contributed by atoms with Gasteiger partial charge in [0, 0.05) is 52.3 Å². The highest BCUT2D eigenvalue weighted by Gasteiger charge is 2.30. The molecule has 0 radical (unpaired) electrons. The van der Waals surface area contributed by atoms with Crippen LogP contribution in [0.5, 0.6) is 0 Å². The van der Waals surface area contributed by atoms with Crippen LogP contribution in [0.25, 0.3) is 0 Å². The number of guanidine groups is 1. The van der Waals surface area contributed by atoms with Crippen molar-refractivity contribution in [2.75, 3.05) is 45.9 Å². The quantitative estimate of drug-likeness (QED) is 0.470. The minimum absolute atomic E-state index is 0.137. The molecular weight excluding hydrogens is 332 g/mol. The second-order valence-corrected chi connectivity index (χ2v) is 6.52. The Morgan fingerprint density at radius 2 is 2.15 bits per heavy atom. The fourth-order valence-corrected chi connectivity index (χ4v) is 3.27. The number of nitrogens with zero attached hydrogens (tertiary/aromatic N) is 3. The SMILES string of the molecule is C=CCNC(=NCCc1ccco1)N1CCN(C(=O)C2CCCO2)CC1. The van der Waals surface area contributed by atoms with Crippen LogP contribution in [0.1, 0.15) is 18.6 Å². The highest BCUT2D eigenvalue weighted by atomic mass is 16.5. The number of hydrogen-bond donors (Lipinski definition) is 1. The van der Waals surface area contributed by atoms with Crippen molar-refractivity contribution in [3.63, 3.8) is 0 Å². The average molecular weight is 360 g/mol. The van der Waals surface area contributed by atoms with Gasteiger partial charge in [0.2, 0.25) is 0 Å². The van der Waals surface area contributed by atoms with Gasteiger partial charge in [-0.05, 0) is 25.0 Å². The van der Waals surface area contributed by atoms with Gasteiger partial charge in [-0.25, -0.2) is 0 Å². The number of carbonyl (C=O) groups is 1. The van der Waals surface area contributed by atoms with E-state index in [1.807, 2.05) is 23.1 Å². The lowest BCUT2D eigenvalue weighted by molar-refractivity contribution is -0.142. The normalized spacial score (nSPS) is 21.1. The molecule has 1 atom stereocenters. The summed E-state index contributed by atoms with van der Waals surface area (Å²) in [4.78, 5) is 21.3. The fourth-order valence-electron chi connectivity index (χ4n) is 3.27. The number of furan rings is 1. The smallest absolute Gasteiger partial charge is 0.251 e. The number of rotatable bonds is 6. The third kappa shape index (κ3) is 4.88. The van der Waals surface area contributed by atoms with Crippen LogP contribution in [-0.2, 0) is 16.0 Å². The molecule has 1 amide bonds. The van der Waals surface area contributed by atoms with Crippen molar-refractivity contribution < 1.29 is 13.9 Å². The molecule has 142 valence electrons. The van der Waals surface area contributed by atoms with Crippen molar-refractivity contribution in [1.82, 2.24) is 15.1 Å². The van der Waals surface area contributed by atoms with Crippen LogP contribution in [0, 0.1) is 0 Å². The maximum atomic E-state index is 12.5. The summed E-state index contributed by atoms with van der Waals surface area (Å²) < 4.78 is 10.9. The summed E-state index contributed by atoms with van der Waals surface area (Å²) in [5.74, 6) is 1.93. The molecule has 1 unspecified atom stereocenters. The first kappa shape index (κ1) is 18.5. The molecule has 0 aliphatic carbocycles. The predicted molar refractivity (Wildman–Crippen MR) is 100 cm³/mol. The molecule has 7 nitrogen and oxygen atoms in total. The molecule has 2 saturated heterocycles. The first-order valence-corrected chi connectivity index (χ1v) is 9.35. The molecular formula is C19H28N4O3. The maximum absolute atomic E-state index is 12.5. The van der Waals surface area contributed by atoms with E-state index in [1.54, 1.807) is 6.26 Å². The predicted octanol–water partition coefficient (Wildman–Crippen LogP) is 1.28. The lowest BCUT2D eigenvalue weighted by Crippen LogP contribution is -2.55. The molecule has 1 aromatic rings. The molecule has 3 rings (SSSR count). The largest absolute Gasteiger partial charge is 0.469 e. The molecule has 26 heavy (non-hydrogen) atoms. The topological polar surface area (TPSA) is 70.3 Å². The molecule has 0 bridgehead atoms. The summed E-state index contributed by atoms with van der Waals surface area (Å²) in [7, 11) is 0. The van der Waals surface area contributed by atoms with E-state index in [-0.39, 0.29) is 12.0 Å². The Balaban J connectivity index is 1.52. The third-order valence-electron chi connectivity index (χ3n) is 4.70. The van der Waals surface area contributed by atoms with Gasteiger partial charge >= 0.3 is 0 Å². The number of carbonyl (C=O) groups excluding carboxylic acids is 1. The molecule has 0 aromatic carbocycles. The van der Waals surface area contributed by atoms with Gasteiger partial charge in [0.1, 0.15) is 11.9 Å². The Labute approximate surface area is 154 Å². The van der Waals surface area contributed by atoms with Gasteiger partial charge in [0.05, 0.1) is 6.26 Å². The Morgan fingerprint density at radius 3 is 2.81 bits per heavy atom. The van der Waals surface area contributed by atoms with Crippen molar-refractivity contribution in [3.05, 3.63) is 36.8 Å². The minimum atomic E-state index is -0.234. The fraction of sp³-hybridized carbons (Fsp3) is 0.579. The molecule has 1 aromatic heterocycles. The van der Waals surface area contributed by atoms with E-state index in [0.29, 0.717) is 32.8 Å². The molecule has 2 fully saturated rings. The molecule has 1 N–H and O–H groups in total. The number of nitrogens with one attached hydrogen (secondary N) is 1. The van der Waals surface area contributed by atoms with E-state index in [2.05, 4.69) is 16.8 Å². The van der Waals surface area contributed by atoms with Crippen molar-refractivity contribution in [2.45, 2.75) is 25.4 Å². The maximum Gasteiger partial charge on any atom is 0.251 e. The van der Waals surface area contributed by atoms with E-state index >= 15 is 0 Å². The van der Waals surface area contributed by atoms with Crippen molar-refractivity contribution >= 4 is 11.9 Å². The Hall–Kier alpha value is -2.28. The van der Waals surface area contributed by atoms with Crippen LogP contribution in [0.4, 0.5) is 0 Å². The monoisotopic (exact) mass is 360 g/mol. The summed E-state index contributed by atoms with van der Waals surface area (Å²) in [6, 6.07) is 3.85. The molecule has 0 spiro atoms. The summed E-state index contributed by atoms with van der Waals surface area (Å²) in [5, 5.41) is 3.32. The van der Waals surface area contributed by atoms with Crippen molar-refractivity contribution in [1.29, 1.82) is 0 Å². The van der Waals surface area contributed by atoms with Gasteiger partial charge in [0.15, 0.2) is 5.96 Å². The van der Waals surface area contributed by atoms with Gasteiger partial charge < -0.3 is 24.3 Å². The number of amides is 1. The zero-order valence-electron chi connectivity index (χ0n) is 15.2.